The number of nitrogens with one attached hydrogen (secondary N) is 2. The van der Waals surface area contributed by atoms with Crippen LogP contribution in [0.5, 0.6) is 0 Å². The molecule has 0 fully saturated rings. The average Bonchev–Trinajstić information content (AvgIpc) is 3.30. The van der Waals surface area contributed by atoms with Gasteiger partial charge in [0, 0.05) is 17.8 Å². The second kappa shape index (κ2) is 7.02. The molecule has 0 radical (unpaired) electrons. The van der Waals surface area contributed by atoms with E-state index in [9.17, 15) is 4.79 Å². The number of nitrogens with zero attached hydrogens (tertiary/aromatic N) is 3. The van der Waals surface area contributed by atoms with Crippen LogP contribution in [0, 0.1) is 6.92 Å². The summed E-state index contributed by atoms with van der Waals surface area (Å²) < 4.78 is 1.74. The lowest BCUT2D eigenvalue weighted by atomic mass is 10.2. The normalized spacial score (nSPS) is 10.9. The molecule has 27 heavy (non-hydrogen) atoms. The van der Waals surface area contributed by atoms with Crippen LogP contribution >= 0.6 is 22.9 Å². The van der Waals surface area contributed by atoms with E-state index in [0.717, 1.165) is 33.8 Å². The number of carbonyl (C=O) groups excluding carboxylic acids is 1. The van der Waals surface area contributed by atoms with Crippen molar-refractivity contribution in [2.45, 2.75) is 6.92 Å². The summed E-state index contributed by atoms with van der Waals surface area (Å²) >= 11 is 7.61. The van der Waals surface area contributed by atoms with Crippen molar-refractivity contribution >= 4 is 51.3 Å². The topological polar surface area (TPSA) is 71.8 Å². The summed E-state index contributed by atoms with van der Waals surface area (Å²) in [6.07, 6.45) is 1.76. The number of amides is 1. The zero-order valence-corrected chi connectivity index (χ0v) is 16.2. The summed E-state index contributed by atoms with van der Waals surface area (Å²) in [7, 11) is 1.61. The molecule has 3 aromatic heterocycles. The number of carbonyl (C=O) groups is 1. The Morgan fingerprint density at radius 2 is 2.04 bits per heavy atom. The lowest BCUT2D eigenvalue weighted by Gasteiger charge is -2.11. The fourth-order valence-electron chi connectivity index (χ4n) is 2.75. The van der Waals surface area contributed by atoms with Gasteiger partial charge < -0.3 is 10.6 Å². The number of halogens is 1. The molecule has 4 aromatic rings. The standard InChI is InChI=1S/C19H16ClN5OS/c1-11-16(24-15-6-4-3-5-14(15)20)7-12-9-22-25(18(12)23-11)13-8-17(27-10-13)19(26)21-2/h3-10,24H,1-2H3,(H,21,26)/i2-1. The van der Waals surface area contributed by atoms with E-state index in [0.29, 0.717) is 9.90 Å². The number of anilines is 2. The molecule has 8 heteroatoms. The molecule has 0 spiro atoms. The van der Waals surface area contributed by atoms with Gasteiger partial charge in [-0.05, 0) is 31.2 Å². The number of hydrogen-bond donors (Lipinski definition) is 2. The van der Waals surface area contributed by atoms with Gasteiger partial charge in [-0.3, -0.25) is 4.79 Å². The Balaban J connectivity index is 1.72. The van der Waals surface area contributed by atoms with Gasteiger partial charge in [0.15, 0.2) is 5.65 Å². The number of fused-ring (bicyclic) bond motifs is 1. The van der Waals surface area contributed by atoms with Crippen LogP contribution in [0.1, 0.15) is 15.4 Å². The van der Waals surface area contributed by atoms with Gasteiger partial charge in [-0.25, -0.2) is 9.67 Å². The quantitative estimate of drug-likeness (QED) is 0.531. The van der Waals surface area contributed by atoms with Crippen molar-refractivity contribution in [1.82, 2.24) is 20.1 Å². The highest BCUT2D eigenvalue weighted by molar-refractivity contribution is 7.12. The maximum absolute atomic E-state index is 11.8. The highest BCUT2D eigenvalue weighted by atomic mass is 35.5. The molecule has 3 heterocycles. The fraction of sp³-hybridized carbons (Fsp3) is 0.105. The van der Waals surface area contributed by atoms with Gasteiger partial charge in [-0.2, -0.15) is 5.10 Å². The van der Waals surface area contributed by atoms with Gasteiger partial charge in [-0.15, -0.1) is 11.3 Å². The predicted octanol–water partition coefficient (Wildman–Crippen LogP) is 4.55. The minimum atomic E-state index is -0.113. The first kappa shape index (κ1) is 17.5. The van der Waals surface area contributed by atoms with Gasteiger partial charge in [0.2, 0.25) is 0 Å². The highest BCUT2D eigenvalue weighted by Gasteiger charge is 2.14. The fourth-order valence-corrected chi connectivity index (χ4v) is 3.75. The molecule has 1 aromatic carbocycles. The SMILES string of the molecule is Cc1nc2c(cnn2-c2csc(C(=O)N[11CH3])c2)cc1Nc1ccccc1Cl. The van der Waals surface area contributed by atoms with E-state index in [-0.39, 0.29) is 5.91 Å². The maximum Gasteiger partial charge on any atom is 0.261 e. The Morgan fingerprint density at radius 3 is 2.81 bits per heavy atom. The van der Waals surface area contributed by atoms with Crippen LogP contribution in [0.3, 0.4) is 0 Å². The number of thiophene rings is 1. The summed E-state index contributed by atoms with van der Waals surface area (Å²) in [6.45, 7) is 1.93. The Morgan fingerprint density at radius 1 is 1.22 bits per heavy atom. The number of benzene rings is 1. The Labute approximate surface area is 164 Å². The Hall–Kier alpha value is -2.90. The van der Waals surface area contributed by atoms with Crippen molar-refractivity contribution in [1.29, 1.82) is 0 Å². The van der Waals surface area contributed by atoms with Crippen molar-refractivity contribution < 1.29 is 4.79 Å². The van der Waals surface area contributed by atoms with Gasteiger partial charge in [0.05, 0.1) is 38.9 Å². The Bertz CT molecular complexity index is 1150. The number of aromatic nitrogens is 3. The molecule has 0 saturated heterocycles. The summed E-state index contributed by atoms with van der Waals surface area (Å²) in [6, 6.07) is 11.4. The summed E-state index contributed by atoms with van der Waals surface area (Å²) in [5.74, 6) is -0.113. The molecule has 0 saturated carbocycles. The van der Waals surface area contributed by atoms with Crippen molar-refractivity contribution in [2.75, 3.05) is 12.4 Å². The number of pyridine rings is 1. The van der Waals surface area contributed by atoms with Crippen molar-refractivity contribution in [3.8, 4) is 5.69 Å². The first-order valence-electron chi connectivity index (χ1n) is 8.24. The summed E-state index contributed by atoms with van der Waals surface area (Å²) in [5.41, 5.74) is 4.06. The monoisotopic (exact) mass is 396 g/mol. The van der Waals surface area contributed by atoms with Crippen LogP contribution in [0.15, 0.2) is 48.0 Å². The lowest BCUT2D eigenvalue weighted by molar-refractivity contribution is 0.0967. The maximum atomic E-state index is 11.8. The zero-order valence-electron chi connectivity index (χ0n) is 14.7. The molecule has 2 N–H and O–H groups in total. The van der Waals surface area contributed by atoms with Crippen molar-refractivity contribution in [2.24, 2.45) is 0 Å². The van der Waals surface area contributed by atoms with Gasteiger partial charge in [-0.1, -0.05) is 23.7 Å². The molecule has 4 rings (SSSR count). The van der Waals surface area contributed by atoms with E-state index in [2.05, 4.69) is 15.7 Å². The molecule has 136 valence electrons. The lowest BCUT2D eigenvalue weighted by Crippen LogP contribution is -2.16. The predicted molar refractivity (Wildman–Crippen MR) is 110 cm³/mol. The first-order chi connectivity index (χ1) is 13.1. The molecular formula is C19H16ClN5OS. The van der Waals surface area contributed by atoms with Crippen LogP contribution < -0.4 is 10.6 Å². The summed E-state index contributed by atoms with van der Waals surface area (Å²) in [5, 5.41) is 13.8. The Kier molecular flexibility index (Phi) is 4.55. The molecular weight excluding hydrogens is 381 g/mol. The number of hydrogen-bond acceptors (Lipinski definition) is 5. The van der Waals surface area contributed by atoms with E-state index >= 15 is 0 Å². The van der Waals surface area contributed by atoms with E-state index in [1.54, 1.807) is 17.9 Å². The number of rotatable bonds is 4. The van der Waals surface area contributed by atoms with Gasteiger partial charge in [0.25, 0.3) is 5.91 Å². The van der Waals surface area contributed by atoms with E-state index < -0.39 is 0 Å². The zero-order chi connectivity index (χ0) is 19.0. The molecule has 1 amide bonds. The molecule has 0 bridgehead atoms. The third kappa shape index (κ3) is 3.27. The minimum Gasteiger partial charge on any atom is -0.354 e. The molecule has 6 nitrogen and oxygen atoms in total. The molecule has 0 aliphatic heterocycles. The molecule has 0 unspecified atom stereocenters. The van der Waals surface area contributed by atoms with Crippen LogP contribution in [-0.2, 0) is 0 Å². The van der Waals surface area contributed by atoms with Crippen LogP contribution in [0.25, 0.3) is 16.7 Å². The second-order valence-electron chi connectivity index (χ2n) is 5.94. The third-order valence-corrected chi connectivity index (χ3v) is 5.40. The van der Waals surface area contributed by atoms with Gasteiger partial charge in [0.1, 0.15) is 0 Å². The van der Waals surface area contributed by atoms with Crippen LogP contribution in [0.2, 0.25) is 5.02 Å². The van der Waals surface area contributed by atoms with Crippen LogP contribution in [0.4, 0.5) is 11.4 Å². The van der Waals surface area contributed by atoms with Crippen molar-refractivity contribution in [3.05, 3.63) is 63.6 Å². The first-order valence-corrected chi connectivity index (χ1v) is 9.50. The second-order valence-corrected chi connectivity index (χ2v) is 7.26. The number of para-hydroxylation sites is 1. The van der Waals surface area contributed by atoms with Crippen molar-refractivity contribution in [3.63, 3.8) is 0 Å². The van der Waals surface area contributed by atoms with E-state index in [1.165, 1.54) is 11.3 Å². The largest absolute Gasteiger partial charge is 0.354 e. The van der Waals surface area contributed by atoms with E-state index in [1.807, 2.05) is 48.7 Å². The summed E-state index contributed by atoms with van der Waals surface area (Å²) in [4.78, 5) is 17.1. The van der Waals surface area contributed by atoms with Gasteiger partial charge >= 0.3 is 0 Å². The third-order valence-electron chi connectivity index (χ3n) is 4.16. The van der Waals surface area contributed by atoms with E-state index in [4.69, 9.17) is 16.6 Å². The number of aryl methyl sites for hydroxylation is 1. The molecule has 0 atom stereocenters. The molecule has 0 aliphatic carbocycles. The smallest absolute Gasteiger partial charge is 0.261 e. The van der Waals surface area contributed by atoms with Crippen LogP contribution in [-0.4, -0.2) is 27.7 Å². The highest BCUT2D eigenvalue weighted by Crippen LogP contribution is 2.29. The average molecular weight is 397 g/mol. The minimum absolute atomic E-state index is 0.113. The molecule has 0 aliphatic rings.